The third-order valence-corrected chi connectivity index (χ3v) is 5.12. The van der Waals surface area contributed by atoms with Crippen molar-refractivity contribution in [2.24, 2.45) is 0 Å². The molecule has 2 aliphatic rings. The number of benzene rings is 1. The van der Waals surface area contributed by atoms with Crippen LogP contribution in [0, 0.1) is 0 Å². The zero-order chi connectivity index (χ0) is 21.5. The molecule has 2 aliphatic heterocycles. The molecular weight excluding hydrogens is 392 g/mol. The van der Waals surface area contributed by atoms with Crippen molar-refractivity contribution in [1.29, 1.82) is 0 Å². The highest BCUT2D eigenvalue weighted by Crippen LogP contribution is 2.33. The first-order chi connectivity index (χ1) is 14.5. The van der Waals surface area contributed by atoms with E-state index in [2.05, 4.69) is 15.5 Å². The van der Waals surface area contributed by atoms with Crippen molar-refractivity contribution in [2.45, 2.75) is 20.1 Å². The molecule has 0 unspecified atom stereocenters. The molecule has 1 aromatic carbocycles. The van der Waals surface area contributed by atoms with Crippen molar-refractivity contribution >= 4 is 17.7 Å². The third-order valence-electron chi connectivity index (χ3n) is 5.12. The molecule has 0 spiro atoms. The molecule has 10 heteroatoms. The zero-order valence-electron chi connectivity index (χ0n) is 17.3. The number of nitrogens with one attached hydrogen (secondary N) is 2. The quantitative estimate of drug-likeness (QED) is 0.560. The van der Waals surface area contributed by atoms with Crippen LogP contribution in [0.4, 0.5) is 0 Å². The number of hydrogen-bond donors (Lipinski definition) is 2. The van der Waals surface area contributed by atoms with Gasteiger partial charge in [0, 0.05) is 25.2 Å². The Bertz CT molecular complexity index is 783. The highest BCUT2D eigenvalue weighted by atomic mass is 16.7. The fraction of sp³-hybridized carbons (Fsp3) is 0.550. The molecule has 2 N–H and O–H groups in total. The predicted octanol–water partition coefficient (Wildman–Crippen LogP) is -0.212. The second kappa shape index (κ2) is 10.3. The lowest BCUT2D eigenvalue weighted by Crippen LogP contribution is -2.48. The maximum Gasteiger partial charge on any atom is 0.309 e. The smallest absolute Gasteiger partial charge is 0.309 e. The summed E-state index contributed by atoms with van der Waals surface area (Å²) in [6.45, 7) is 7.81. The average Bonchev–Trinajstić information content (AvgIpc) is 3.43. The molecule has 1 fully saturated rings. The molecule has 10 nitrogen and oxygen atoms in total. The molecule has 0 aromatic heterocycles. The van der Waals surface area contributed by atoms with Crippen LogP contribution in [0.25, 0.3) is 0 Å². The number of rotatable bonds is 8. The van der Waals surface area contributed by atoms with E-state index in [4.69, 9.17) is 14.2 Å². The highest BCUT2D eigenvalue weighted by molar-refractivity contribution is 6.35. The van der Waals surface area contributed by atoms with E-state index in [9.17, 15) is 14.4 Å². The summed E-state index contributed by atoms with van der Waals surface area (Å²) >= 11 is 0. The summed E-state index contributed by atoms with van der Waals surface area (Å²) in [5.41, 5.74) is 0.440. The Morgan fingerprint density at radius 2 is 1.83 bits per heavy atom. The van der Waals surface area contributed by atoms with Crippen LogP contribution in [0.15, 0.2) is 18.2 Å². The largest absolute Gasteiger partial charge is 0.454 e. The second-order valence-electron chi connectivity index (χ2n) is 6.88. The summed E-state index contributed by atoms with van der Waals surface area (Å²) in [6, 6.07) is 4.97. The normalized spacial score (nSPS) is 17.3. The number of ether oxygens (including phenoxy) is 3. The molecule has 1 atom stereocenters. The van der Waals surface area contributed by atoms with Crippen molar-refractivity contribution in [3.05, 3.63) is 23.8 Å². The Morgan fingerprint density at radius 1 is 1.10 bits per heavy atom. The Morgan fingerprint density at radius 3 is 2.60 bits per heavy atom. The van der Waals surface area contributed by atoms with Crippen molar-refractivity contribution in [1.82, 2.24) is 20.4 Å². The highest BCUT2D eigenvalue weighted by Gasteiger charge is 2.32. The van der Waals surface area contributed by atoms with Crippen LogP contribution in [0.3, 0.4) is 0 Å². The first kappa shape index (κ1) is 21.8. The Labute approximate surface area is 175 Å². The number of amides is 3. The first-order valence-electron chi connectivity index (χ1n) is 10.1. The Kier molecular flexibility index (Phi) is 7.47. The van der Waals surface area contributed by atoms with Crippen LogP contribution in [0.5, 0.6) is 11.5 Å². The SMILES string of the molecule is CCN(CC)CCNC(=O)C(=O)NC[C@@H]1OCCN1C(=O)c1ccc2c(c1)OCO2. The van der Waals surface area contributed by atoms with Gasteiger partial charge in [-0.3, -0.25) is 14.4 Å². The molecule has 30 heavy (non-hydrogen) atoms. The molecule has 3 rings (SSSR count). The minimum atomic E-state index is -0.750. The van der Waals surface area contributed by atoms with E-state index in [0.29, 0.717) is 43.3 Å². The minimum Gasteiger partial charge on any atom is -0.454 e. The standard InChI is InChI=1S/C20H28N4O6/c1-3-23(4-2)8-7-21-18(25)19(26)22-12-17-24(9-10-28-17)20(27)14-5-6-15-16(11-14)30-13-29-15/h5-6,11,17H,3-4,7-10,12-13H2,1-2H3,(H,21,25)(H,22,26)/t17-/m0/s1. The van der Waals surface area contributed by atoms with E-state index in [1.54, 1.807) is 18.2 Å². The van der Waals surface area contributed by atoms with Gasteiger partial charge in [-0.1, -0.05) is 13.8 Å². The van der Waals surface area contributed by atoms with E-state index in [1.807, 2.05) is 13.8 Å². The summed E-state index contributed by atoms with van der Waals surface area (Å²) in [6.07, 6.45) is -0.643. The number of likely N-dealkylation sites (N-methyl/N-ethyl adjacent to an activating group) is 1. The molecule has 3 amide bonds. The van der Waals surface area contributed by atoms with Gasteiger partial charge in [0.25, 0.3) is 5.91 Å². The van der Waals surface area contributed by atoms with Crippen molar-refractivity contribution in [3.63, 3.8) is 0 Å². The van der Waals surface area contributed by atoms with E-state index in [0.717, 1.165) is 13.1 Å². The van der Waals surface area contributed by atoms with Crippen LogP contribution in [0.2, 0.25) is 0 Å². The number of carbonyl (C=O) groups is 3. The maximum atomic E-state index is 12.9. The molecule has 0 saturated carbocycles. The van der Waals surface area contributed by atoms with Crippen molar-refractivity contribution < 1.29 is 28.6 Å². The van der Waals surface area contributed by atoms with Gasteiger partial charge in [-0.05, 0) is 31.3 Å². The summed E-state index contributed by atoms with van der Waals surface area (Å²) in [4.78, 5) is 40.5. The van der Waals surface area contributed by atoms with E-state index < -0.39 is 18.0 Å². The molecule has 2 heterocycles. The van der Waals surface area contributed by atoms with E-state index in [1.165, 1.54) is 4.90 Å². The molecule has 164 valence electrons. The van der Waals surface area contributed by atoms with E-state index >= 15 is 0 Å². The van der Waals surface area contributed by atoms with Gasteiger partial charge in [-0.15, -0.1) is 0 Å². The molecule has 1 saturated heterocycles. The Hall–Kier alpha value is -2.85. The van der Waals surface area contributed by atoms with Crippen molar-refractivity contribution in [3.8, 4) is 11.5 Å². The number of carbonyl (C=O) groups excluding carboxylic acids is 3. The monoisotopic (exact) mass is 420 g/mol. The lowest BCUT2D eigenvalue weighted by molar-refractivity contribution is -0.139. The van der Waals surface area contributed by atoms with Crippen LogP contribution < -0.4 is 20.1 Å². The summed E-state index contributed by atoms with van der Waals surface area (Å²) in [7, 11) is 0. The zero-order valence-corrected chi connectivity index (χ0v) is 17.3. The van der Waals surface area contributed by atoms with E-state index in [-0.39, 0.29) is 19.2 Å². The van der Waals surface area contributed by atoms with Gasteiger partial charge in [0.2, 0.25) is 6.79 Å². The van der Waals surface area contributed by atoms with Gasteiger partial charge in [0.15, 0.2) is 11.5 Å². The lowest BCUT2D eigenvalue weighted by Gasteiger charge is -2.23. The summed E-state index contributed by atoms with van der Waals surface area (Å²) < 4.78 is 16.1. The molecule has 0 radical (unpaired) electrons. The van der Waals surface area contributed by atoms with Gasteiger partial charge in [0.05, 0.1) is 13.2 Å². The average molecular weight is 420 g/mol. The fourth-order valence-electron chi connectivity index (χ4n) is 3.33. The molecule has 0 bridgehead atoms. The van der Waals surface area contributed by atoms with Gasteiger partial charge < -0.3 is 34.6 Å². The van der Waals surface area contributed by atoms with Gasteiger partial charge >= 0.3 is 11.8 Å². The van der Waals surface area contributed by atoms with Gasteiger partial charge in [-0.25, -0.2) is 0 Å². The van der Waals surface area contributed by atoms with Crippen LogP contribution in [0.1, 0.15) is 24.2 Å². The second-order valence-corrected chi connectivity index (χ2v) is 6.88. The summed E-state index contributed by atoms with van der Waals surface area (Å²) in [5.74, 6) is -0.574. The fourth-order valence-corrected chi connectivity index (χ4v) is 3.33. The topological polar surface area (TPSA) is 109 Å². The molecule has 0 aliphatic carbocycles. The van der Waals surface area contributed by atoms with Gasteiger partial charge in [0.1, 0.15) is 6.23 Å². The van der Waals surface area contributed by atoms with Crippen molar-refractivity contribution in [2.75, 3.05) is 52.7 Å². The van der Waals surface area contributed by atoms with Crippen LogP contribution >= 0.6 is 0 Å². The minimum absolute atomic E-state index is 0.0264. The maximum absolute atomic E-state index is 12.9. The van der Waals surface area contributed by atoms with Crippen LogP contribution in [-0.4, -0.2) is 86.4 Å². The lowest BCUT2D eigenvalue weighted by atomic mass is 10.1. The molecule has 1 aromatic rings. The summed E-state index contributed by atoms with van der Waals surface area (Å²) in [5, 5.41) is 5.14. The third kappa shape index (κ3) is 5.19. The number of hydrogen-bond acceptors (Lipinski definition) is 7. The van der Waals surface area contributed by atoms with Gasteiger partial charge in [-0.2, -0.15) is 0 Å². The Balaban J connectivity index is 1.48. The number of fused-ring (bicyclic) bond motifs is 1. The molecular formula is C20H28N4O6. The predicted molar refractivity (Wildman–Crippen MR) is 107 cm³/mol. The first-order valence-corrected chi connectivity index (χ1v) is 10.1. The van der Waals surface area contributed by atoms with Crippen LogP contribution in [-0.2, 0) is 14.3 Å². The number of nitrogens with zero attached hydrogens (tertiary/aromatic N) is 2.